The molecule has 24 valence electrons. The fourth-order valence-corrected chi connectivity index (χ4v) is 0. The van der Waals surface area contributed by atoms with Crippen molar-refractivity contribution in [3.63, 3.8) is 0 Å². The van der Waals surface area contributed by atoms with E-state index in [0.29, 0.717) is 0 Å². The molecule has 0 rings (SSSR count). The third-order valence-corrected chi connectivity index (χ3v) is 0. The monoisotopic (exact) mass is 90.0 g/mol. The van der Waals surface area contributed by atoms with E-state index in [1.165, 1.54) is 0 Å². The van der Waals surface area contributed by atoms with Crippen LogP contribution in [0.3, 0.4) is 0 Å². The van der Waals surface area contributed by atoms with Gasteiger partial charge < -0.3 is 12.3 Å². The van der Waals surface area contributed by atoms with Gasteiger partial charge in [-0.1, -0.05) is 0 Å². The molecule has 0 aliphatic carbocycles. The first-order valence-corrected chi connectivity index (χ1v) is 0. The molecule has 0 atom stereocenters. The van der Waals surface area contributed by atoms with Crippen molar-refractivity contribution in [3.8, 4) is 0 Å². The van der Waals surface area contributed by atoms with Crippen molar-refractivity contribution in [2.45, 2.75) is 0 Å². The van der Waals surface area contributed by atoms with Gasteiger partial charge in [-0.2, -0.15) is 0 Å². The maximum Gasteiger partial charge on any atom is 0 e. The molecule has 0 amide bonds. The van der Waals surface area contributed by atoms with Crippen LogP contribution in [-0.2, 0) is 0 Å². The van der Waals surface area contributed by atoms with E-state index in [1.807, 2.05) is 0 Å². The number of rotatable bonds is 0. The summed E-state index contributed by atoms with van der Waals surface area (Å²) in [4.78, 5) is 0. The van der Waals surface area contributed by atoms with Crippen molar-refractivity contribution in [2.24, 2.45) is 0 Å². The van der Waals surface area contributed by atoms with E-state index in [4.69, 9.17) is 0 Å². The van der Waals surface area contributed by atoms with Crippen LogP contribution in [0.1, 0.15) is 0 Å². The molecule has 0 saturated carbocycles. The third-order valence-electron chi connectivity index (χ3n) is 0. The van der Waals surface area contributed by atoms with Crippen LogP contribution in [-0.4, -0.2) is 21.9 Å². The highest BCUT2D eigenvalue weighted by Crippen LogP contribution is -0.380. The third kappa shape index (κ3) is 34.5. The first-order chi connectivity index (χ1) is 0. The molecule has 2 nitrogen and oxygen atoms in total. The second-order valence-electron chi connectivity index (χ2n) is 0. The zero-order chi connectivity index (χ0) is 0. The summed E-state index contributed by atoms with van der Waals surface area (Å²) in [5, 5.41) is 0. The van der Waals surface area contributed by atoms with Crippen LogP contribution in [0.25, 0.3) is 0 Å². The molecule has 0 fully saturated rings. The number of hydrogen-bond acceptors (Lipinski definition) is 2. The molecule has 0 heterocycles. The quantitative estimate of drug-likeness (QED) is 0.396. The fraction of sp³-hybridized carbons (Fsp3) is 0. The summed E-state index contributed by atoms with van der Waals surface area (Å²) >= 11 is 0. The molecular formula is H6N2Si2. The lowest BCUT2D eigenvalue weighted by atomic mass is 14.0. The molecule has 0 aliphatic heterocycles. The van der Waals surface area contributed by atoms with Gasteiger partial charge in [-0.3, -0.25) is 0 Å². The largest absolute Gasteiger partial charge is 0.344 e. The van der Waals surface area contributed by atoms with Crippen molar-refractivity contribution in [3.05, 3.63) is 0 Å². The van der Waals surface area contributed by atoms with Crippen LogP contribution in [0.4, 0.5) is 0 Å². The molecule has 0 aromatic rings. The summed E-state index contributed by atoms with van der Waals surface area (Å²) in [6.45, 7) is 0. The molecule has 0 saturated heterocycles. The first kappa shape index (κ1) is 391. The lowest BCUT2D eigenvalue weighted by molar-refractivity contribution is 2.13. The minimum Gasteiger partial charge on any atom is -0.344 e. The van der Waals surface area contributed by atoms with Crippen molar-refractivity contribution in [1.82, 2.24) is 12.3 Å². The summed E-state index contributed by atoms with van der Waals surface area (Å²) in [5.41, 5.74) is 0. The Morgan fingerprint density at radius 2 is 0.500 bits per heavy atom. The van der Waals surface area contributed by atoms with Gasteiger partial charge in [0, 0.05) is 21.9 Å². The molecule has 4 heavy (non-hydrogen) atoms. The van der Waals surface area contributed by atoms with Gasteiger partial charge in [0.2, 0.25) is 0 Å². The van der Waals surface area contributed by atoms with E-state index in [1.54, 1.807) is 0 Å². The first-order valence-electron chi connectivity index (χ1n) is 0. The molecule has 0 unspecified atom stereocenters. The lowest BCUT2D eigenvalue weighted by Crippen LogP contribution is -0.482. The molecule has 8 radical (unpaired) electrons. The Morgan fingerprint density at radius 3 is 0.500 bits per heavy atom. The van der Waals surface area contributed by atoms with Crippen LogP contribution in [0.5, 0.6) is 0 Å². The molecule has 0 bridgehead atoms. The fourth-order valence-electron chi connectivity index (χ4n) is 0. The summed E-state index contributed by atoms with van der Waals surface area (Å²) in [6.07, 6.45) is 0. The van der Waals surface area contributed by atoms with E-state index >= 15 is 0 Å². The Morgan fingerprint density at radius 1 is 0.500 bits per heavy atom. The topological polar surface area (TPSA) is 70.0 Å². The van der Waals surface area contributed by atoms with Crippen LogP contribution >= 0.6 is 0 Å². The Labute approximate surface area is 35.2 Å². The lowest BCUT2D eigenvalue weighted by Gasteiger charge is -0.345. The normalized spacial score (nSPS) is 0. The molecule has 0 aromatic carbocycles. The summed E-state index contributed by atoms with van der Waals surface area (Å²) in [7, 11) is 0. The average molecular weight is 90.2 g/mol. The van der Waals surface area contributed by atoms with Gasteiger partial charge >= 0.3 is 0 Å². The van der Waals surface area contributed by atoms with Crippen molar-refractivity contribution < 1.29 is 0 Å². The Hall–Kier alpha value is 0.354. The van der Waals surface area contributed by atoms with Gasteiger partial charge in [0.1, 0.15) is 0 Å². The highest BCUT2D eigenvalue weighted by molar-refractivity contribution is 5.76. The summed E-state index contributed by atoms with van der Waals surface area (Å²) in [6, 6.07) is 0. The second kappa shape index (κ2) is 148. The molecule has 0 spiro atoms. The molecular weight excluding hydrogens is 84.2 g/mol. The van der Waals surface area contributed by atoms with Gasteiger partial charge in [-0.15, -0.1) is 0 Å². The predicted octanol–water partition coefficient (Wildman–Crippen LogP) is -0.438. The van der Waals surface area contributed by atoms with E-state index in [-0.39, 0.29) is 34.2 Å². The summed E-state index contributed by atoms with van der Waals surface area (Å²) < 4.78 is 0. The van der Waals surface area contributed by atoms with E-state index in [2.05, 4.69) is 0 Å². The van der Waals surface area contributed by atoms with Crippen LogP contribution in [0.15, 0.2) is 0 Å². The molecule has 0 aliphatic rings. The maximum atomic E-state index is 0. The van der Waals surface area contributed by atoms with Crippen LogP contribution < -0.4 is 12.3 Å². The zero-order valence-electron chi connectivity index (χ0n) is 2.41. The highest BCUT2D eigenvalue weighted by Gasteiger charge is 0.00101. The smallest absolute Gasteiger partial charge is 0 e. The zero-order valence-corrected chi connectivity index (χ0v) is 4.41. The van der Waals surface area contributed by atoms with Crippen molar-refractivity contribution in [2.75, 3.05) is 0 Å². The minimum atomic E-state index is 0. The SMILES string of the molecule is N.N.[Si].[Si]. The highest BCUT2D eigenvalue weighted by atomic mass is 28.1. The molecule has 6 N–H and O–H groups in total. The number of hydrogen-bond donors (Lipinski definition) is 2. The second-order valence-corrected chi connectivity index (χ2v) is 0. The summed E-state index contributed by atoms with van der Waals surface area (Å²) in [5.74, 6) is 0. The average Bonchev–Trinajstić information content (AvgIpc) is 0. The molecule has 0 aromatic heterocycles. The van der Waals surface area contributed by atoms with Gasteiger partial charge in [0.25, 0.3) is 0 Å². The van der Waals surface area contributed by atoms with E-state index < -0.39 is 0 Å². The van der Waals surface area contributed by atoms with Gasteiger partial charge in [-0.05, 0) is 0 Å². The van der Waals surface area contributed by atoms with Gasteiger partial charge in [-0.25, -0.2) is 0 Å². The standard InChI is InChI=1S/2H3N.2Si/h2*1H3;;. The van der Waals surface area contributed by atoms with E-state index in [0.717, 1.165) is 0 Å². The molecule has 4 heteroatoms. The minimum absolute atomic E-state index is 0. The maximum absolute atomic E-state index is 0. The van der Waals surface area contributed by atoms with E-state index in [9.17, 15) is 0 Å². The Balaban J connectivity index is 0. The van der Waals surface area contributed by atoms with Gasteiger partial charge in [0.15, 0.2) is 0 Å². The van der Waals surface area contributed by atoms with Crippen molar-refractivity contribution in [1.29, 1.82) is 0 Å². The van der Waals surface area contributed by atoms with Crippen LogP contribution in [0.2, 0.25) is 0 Å². The Bertz CT molecular complexity index is 4.00. The van der Waals surface area contributed by atoms with Crippen molar-refractivity contribution >= 4 is 21.9 Å². The van der Waals surface area contributed by atoms with Gasteiger partial charge in [0.05, 0.1) is 0 Å². The Kier molecular flexibility index (Phi) is 14500. The predicted molar refractivity (Wildman–Crippen MR) is 21.6 cm³/mol. The van der Waals surface area contributed by atoms with Crippen LogP contribution in [0, 0.1) is 0 Å².